The van der Waals surface area contributed by atoms with Gasteiger partial charge in [-0.2, -0.15) is 4.57 Å². The highest BCUT2D eigenvalue weighted by molar-refractivity contribution is 7.85. The van der Waals surface area contributed by atoms with E-state index in [1.165, 1.54) is 46.0 Å². The summed E-state index contributed by atoms with van der Waals surface area (Å²) >= 11 is 0. The van der Waals surface area contributed by atoms with Crippen molar-refractivity contribution in [3.8, 4) is 5.69 Å². The van der Waals surface area contributed by atoms with Gasteiger partial charge in [0.15, 0.2) is 12.4 Å². The number of nitrogens with zero attached hydrogens (tertiary/aromatic N) is 5. The predicted molar refractivity (Wildman–Crippen MR) is 196 cm³/mol. The van der Waals surface area contributed by atoms with Gasteiger partial charge in [-0.15, -0.1) is 0 Å². The summed E-state index contributed by atoms with van der Waals surface area (Å²) in [6.45, 7) is 12.7. The number of pyridine rings is 1. The third-order valence-corrected chi connectivity index (χ3v) is 9.50. The maximum Gasteiger partial charge on any atom is 0.210 e. The SMILES string of the molecule is CCN(CC)c1ccc(-[n+]2ccc(C=C3C=CN(c4ccc(N5CCN(C)CC5)cc4)C=C3)cc2)cc1.Cc1ccc(S(=O)(=O)[O-])cc1. The van der Waals surface area contributed by atoms with E-state index in [-0.39, 0.29) is 4.90 Å². The fourth-order valence-electron chi connectivity index (χ4n) is 5.63. The zero-order valence-corrected chi connectivity index (χ0v) is 29.1. The maximum absolute atomic E-state index is 10.4. The Morgan fingerprint density at radius 1 is 0.771 bits per heavy atom. The highest BCUT2D eigenvalue weighted by atomic mass is 32.2. The van der Waals surface area contributed by atoms with Crippen LogP contribution in [0.4, 0.5) is 17.1 Å². The van der Waals surface area contributed by atoms with Gasteiger partial charge in [0.05, 0.1) is 4.90 Å². The highest BCUT2D eigenvalue weighted by Crippen LogP contribution is 2.25. The summed E-state index contributed by atoms with van der Waals surface area (Å²) in [6, 6.07) is 27.8. The van der Waals surface area contributed by atoms with E-state index in [0.717, 1.165) is 44.8 Å². The number of piperazine rings is 1. The normalized spacial score (nSPS) is 14.8. The zero-order valence-electron chi connectivity index (χ0n) is 28.2. The van der Waals surface area contributed by atoms with Crippen LogP contribution in [0.25, 0.3) is 11.8 Å². The fourth-order valence-corrected chi connectivity index (χ4v) is 6.10. The van der Waals surface area contributed by atoms with E-state index < -0.39 is 10.1 Å². The van der Waals surface area contributed by atoms with Crippen molar-refractivity contribution in [1.82, 2.24) is 4.90 Å². The molecule has 4 aromatic rings. The first kappa shape index (κ1) is 34.6. The molecule has 8 nitrogen and oxygen atoms in total. The second-order valence-electron chi connectivity index (χ2n) is 12.0. The van der Waals surface area contributed by atoms with Crippen LogP contribution in [-0.2, 0) is 10.1 Å². The number of anilines is 3. The Kier molecular flexibility index (Phi) is 11.5. The Hall–Kier alpha value is -4.70. The largest absolute Gasteiger partial charge is 0.744 e. The number of hydrogen-bond donors (Lipinski definition) is 0. The van der Waals surface area contributed by atoms with Crippen molar-refractivity contribution in [3.05, 3.63) is 139 Å². The van der Waals surface area contributed by atoms with Crippen LogP contribution in [0.3, 0.4) is 0 Å². The Bertz CT molecular complexity index is 1810. The molecule has 250 valence electrons. The van der Waals surface area contributed by atoms with Gasteiger partial charge in [0.25, 0.3) is 0 Å². The summed E-state index contributed by atoms with van der Waals surface area (Å²) in [4.78, 5) is 9.21. The second kappa shape index (κ2) is 15.9. The molecule has 0 aliphatic carbocycles. The standard InChI is InChI=1S/C32H38N5.C7H8O3S/c1-4-34(5-2)29-6-8-30(9-7-29)35-18-14-27(15-19-35)26-28-16-20-36(21-17-28)31-10-12-32(13-11-31)37-24-22-33(3)23-25-37;1-6-2-4-7(5-3-6)11(8,9)10/h6-21,26H,4-5,22-25H2,1-3H3;2-5H,1H3,(H,8,9,10)/q+1;/p-1. The molecule has 0 unspecified atom stereocenters. The molecule has 0 bridgehead atoms. The van der Waals surface area contributed by atoms with E-state index >= 15 is 0 Å². The van der Waals surface area contributed by atoms with Crippen LogP contribution in [0.2, 0.25) is 0 Å². The molecule has 0 amide bonds. The average molecular weight is 664 g/mol. The van der Waals surface area contributed by atoms with E-state index in [1.807, 2.05) is 6.92 Å². The van der Waals surface area contributed by atoms with Gasteiger partial charge in [0, 0.05) is 93.0 Å². The van der Waals surface area contributed by atoms with Crippen molar-refractivity contribution in [1.29, 1.82) is 0 Å². The molecule has 3 aromatic carbocycles. The molecular weight excluding hydrogens is 619 g/mol. The van der Waals surface area contributed by atoms with Gasteiger partial charge in [-0.05, 0) is 106 Å². The van der Waals surface area contributed by atoms with Crippen LogP contribution in [0.15, 0.2) is 132 Å². The van der Waals surface area contributed by atoms with Gasteiger partial charge < -0.3 is 24.2 Å². The number of aryl methyl sites for hydroxylation is 1. The number of likely N-dealkylation sites (N-methyl/N-ethyl adjacent to an activating group) is 1. The molecule has 1 saturated heterocycles. The number of hydrogen-bond acceptors (Lipinski definition) is 7. The molecular formula is C39H45N5O3S. The lowest BCUT2D eigenvalue weighted by Crippen LogP contribution is -2.44. The summed E-state index contributed by atoms with van der Waals surface area (Å²) in [7, 11) is -2.08. The summed E-state index contributed by atoms with van der Waals surface area (Å²) in [6.07, 6.45) is 15.1. The van der Waals surface area contributed by atoms with Gasteiger partial charge in [-0.1, -0.05) is 17.7 Å². The molecule has 2 aliphatic heterocycles. The van der Waals surface area contributed by atoms with E-state index in [9.17, 15) is 13.0 Å². The lowest BCUT2D eigenvalue weighted by Gasteiger charge is -2.34. The number of aromatic nitrogens is 1. The Morgan fingerprint density at radius 3 is 1.88 bits per heavy atom. The molecule has 1 aromatic heterocycles. The minimum absolute atomic E-state index is 0.178. The smallest absolute Gasteiger partial charge is 0.210 e. The number of rotatable bonds is 8. The molecule has 0 atom stereocenters. The summed E-state index contributed by atoms with van der Waals surface area (Å²) in [5.41, 5.74) is 8.23. The lowest BCUT2D eigenvalue weighted by atomic mass is 10.1. The minimum Gasteiger partial charge on any atom is -0.744 e. The van der Waals surface area contributed by atoms with Crippen LogP contribution in [-0.4, -0.2) is 64.2 Å². The first-order valence-electron chi connectivity index (χ1n) is 16.4. The number of allylic oxidation sites excluding steroid dienone is 3. The van der Waals surface area contributed by atoms with Crippen LogP contribution in [0.1, 0.15) is 25.0 Å². The van der Waals surface area contributed by atoms with Crippen molar-refractivity contribution in [2.45, 2.75) is 25.7 Å². The average Bonchev–Trinajstić information content (AvgIpc) is 3.10. The first-order chi connectivity index (χ1) is 23.1. The molecule has 0 spiro atoms. The van der Waals surface area contributed by atoms with Crippen molar-refractivity contribution in [2.24, 2.45) is 0 Å². The molecule has 6 rings (SSSR count). The zero-order chi connectivity index (χ0) is 34.1. The van der Waals surface area contributed by atoms with E-state index in [0.29, 0.717) is 0 Å². The van der Waals surface area contributed by atoms with Gasteiger partial charge in [0.1, 0.15) is 10.1 Å². The second-order valence-corrected chi connectivity index (χ2v) is 13.4. The van der Waals surface area contributed by atoms with Crippen LogP contribution in [0.5, 0.6) is 0 Å². The van der Waals surface area contributed by atoms with Gasteiger partial charge in [0.2, 0.25) is 5.69 Å². The molecule has 0 N–H and O–H groups in total. The minimum atomic E-state index is -4.27. The Balaban J connectivity index is 0.000000349. The molecule has 2 aliphatic rings. The van der Waals surface area contributed by atoms with E-state index in [1.54, 1.807) is 12.1 Å². The Labute approximate surface area is 285 Å². The van der Waals surface area contributed by atoms with E-state index in [4.69, 9.17) is 0 Å². The van der Waals surface area contributed by atoms with Gasteiger partial charge in [-0.3, -0.25) is 0 Å². The quantitative estimate of drug-likeness (QED) is 0.160. The third-order valence-electron chi connectivity index (χ3n) is 8.65. The monoisotopic (exact) mass is 663 g/mol. The molecule has 0 saturated carbocycles. The molecule has 9 heteroatoms. The Morgan fingerprint density at radius 2 is 1.33 bits per heavy atom. The molecule has 48 heavy (non-hydrogen) atoms. The molecule has 0 radical (unpaired) electrons. The molecule has 3 heterocycles. The summed E-state index contributed by atoms with van der Waals surface area (Å²) in [5.74, 6) is 0. The topological polar surface area (TPSA) is 74.0 Å². The fraction of sp³-hybridized carbons (Fsp3) is 0.256. The van der Waals surface area contributed by atoms with Crippen molar-refractivity contribution in [2.75, 3.05) is 61.0 Å². The highest BCUT2D eigenvalue weighted by Gasteiger charge is 2.15. The van der Waals surface area contributed by atoms with Crippen molar-refractivity contribution >= 4 is 33.3 Å². The van der Waals surface area contributed by atoms with E-state index in [2.05, 4.69) is 149 Å². The van der Waals surface area contributed by atoms with Crippen molar-refractivity contribution in [3.63, 3.8) is 0 Å². The maximum atomic E-state index is 10.4. The lowest BCUT2D eigenvalue weighted by molar-refractivity contribution is -0.595. The summed E-state index contributed by atoms with van der Waals surface area (Å²) in [5, 5.41) is 0. The van der Waals surface area contributed by atoms with Gasteiger partial charge >= 0.3 is 0 Å². The first-order valence-corrected chi connectivity index (χ1v) is 17.8. The predicted octanol–water partition coefficient (Wildman–Crippen LogP) is 6.39. The van der Waals surface area contributed by atoms with Crippen LogP contribution in [0, 0.1) is 6.92 Å². The van der Waals surface area contributed by atoms with Crippen LogP contribution < -0.4 is 19.3 Å². The van der Waals surface area contributed by atoms with Gasteiger partial charge in [-0.25, -0.2) is 8.42 Å². The summed E-state index contributed by atoms with van der Waals surface area (Å²) < 4.78 is 33.3. The molecule has 1 fully saturated rings. The number of benzene rings is 3. The van der Waals surface area contributed by atoms with Crippen LogP contribution >= 0.6 is 0 Å². The van der Waals surface area contributed by atoms with Crippen molar-refractivity contribution < 1.29 is 17.5 Å². The third kappa shape index (κ3) is 9.22.